The first kappa shape index (κ1) is 16.5. The smallest absolute Gasteiger partial charge is 0.252 e. The molecule has 5 nitrogen and oxygen atoms in total. The van der Waals surface area contributed by atoms with Gasteiger partial charge in [0.25, 0.3) is 5.91 Å². The summed E-state index contributed by atoms with van der Waals surface area (Å²) < 4.78 is 11.5. The van der Waals surface area contributed by atoms with Gasteiger partial charge in [0, 0.05) is 37.0 Å². The van der Waals surface area contributed by atoms with Crippen molar-refractivity contribution in [3.05, 3.63) is 52.6 Å². The molecular formula is C16H17BrN2O3. The summed E-state index contributed by atoms with van der Waals surface area (Å²) in [6, 6.07) is 10.8. The van der Waals surface area contributed by atoms with E-state index in [-0.39, 0.29) is 5.91 Å². The van der Waals surface area contributed by atoms with Gasteiger partial charge in [-0.1, -0.05) is 15.9 Å². The maximum absolute atomic E-state index is 11.9. The second kappa shape index (κ2) is 8.51. The summed E-state index contributed by atoms with van der Waals surface area (Å²) in [4.78, 5) is 16.0. The van der Waals surface area contributed by atoms with Crippen molar-refractivity contribution in [2.45, 2.75) is 6.42 Å². The summed E-state index contributed by atoms with van der Waals surface area (Å²) in [6.45, 7) is 1.20. The van der Waals surface area contributed by atoms with E-state index in [9.17, 15) is 4.79 Å². The Hall–Kier alpha value is -1.92. The number of hydrogen-bond acceptors (Lipinski definition) is 4. The highest BCUT2D eigenvalue weighted by molar-refractivity contribution is 9.10. The van der Waals surface area contributed by atoms with Crippen LogP contribution >= 0.6 is 15.9 Å². The molecule has 116 valence electrons. The van der Waals surface area contributed by atoms with Crippen LogP contribution in [0.1, 0.15) is 16.8 Å². The number of hydrogen-bond donors (Lipinski definition) is 1. The molecule has 0 saturated carbocycles. The minimum absolute atomic E-state index is 0.154. The lowest BCUT2D eigenvalue weighted by Gasteiger charge is -2.07. The number of amides is 1. The molecule has 0 aliphatic heterocycles. The molecule has 0 atom stereocenters. The van der Waals surface area contributed by atoms with Gasteiger partial charge in [-0.3, -0.25) is 4.79 Å². The van der Waals surface area contributed by atoms with Gasteiger partial charge >= 0.3 is 0 Å². The lowest BCUT2D eigenvalue weighted by Crippen LogP contribution is -2.25. The number of benzene rings is 1. The van der Waals surface area contributed by atoms with Gasteiger partial charge in [-0.2, -0.15) is 0 Å². The summed E-state index contributed by atoms with van der Waals surface area (Å²) in [5, 5.41) is 2.80. The molecule has 0 fully saturated rings. The van der Waals surface area contributed by atoms with Crippen molar-refractivity contribution in [2.24, 2.45) is 0 Å². The van der Waals surface area contributed by atoms with E-state index in [2.05, 4.69) is 26.2 Å². The topological polar surface area (TPSA) is 60.5 Å². The monoisotopic (exact) mass is 364 g/mol. The predicted octanol–water partition coefficient (Wildman–Crippen LogP) is 3.40. The molecule has 0 aliphatic rings. The lowest BCUT2D eigenvalue weighted by molar-refractivity contribution is 0.0948. The van der Waals surface area contributed by atoms with E-state index in [1.54, 1.807) is 19.2 Å². The minimum Gasteiger partial charge on any atom is -0.439 e. The van der Waals surface area contributed by atoms with Crippen molar-refractivity contribution in [2.75, 3.05) is 20.3 Å². The SMILES string of the molecule is COCCCNC(=O)c1ccc(Oc2ccc(Br)cc2)nc1. The molecule has 0 radical (unpaired) electrons. The Labute approximate surface area is 137 Å². The molecule has 0 unspecified atom stereocenters. The zero-order valence-corrected chi connectivity index (χ0v) is 13.8. The first-order valence-corrected chi connectivity index (χ1v) is 7.65. The van der Waals surface area contributed by atoms with Gasteiger partial charge in [0.1, 0.15) is 5.75 Å². The standard InChI is InChI=1S/C16H17BrN2O3/c1-21-10-2-9-18-16(20)12-3-8-15(19-11-12)22-14-6-4-13(17)5-7-14/h3-8,11H,2,9-10H2,1H3,(H,18,20). The highest BCUT2D eigenvalue weighted by Crippen LogP contribution is 2.21. The molecule has 1 aromatic heterocycles. The molecule has 0 aliphatic carbocycles. The van der Waals surface area contributed by atoms with Crippen LogP contribution in [-0.4, -0.2) is 31.2 Å². The first-order chi connectivity index (χ1) is 10.7. The molecule has 1 amide bonds. The van der Waals surface area contributed by atoms with Crippen LogP contribution in [0, 0.1) is 0 Å². The van der Waals surface area contributed by atoms with Gasteiger partial charge in [-0.15, -0.1) is 0 Å². The molecule has 1 N–H and O–H groups in total. The summed E-state index contributed by atoms with van der Waals surface area (Å²) >= 11 is 3.36. The van der Waals surface area contributed by atoms with Crippen LogP contribution in [0.15, 0.2) is 47.1 Å². The highest BCUT2D eigenvalue weighted by Gasteiger charge is 2.06. The Morgan fingerprint density at radius 1 is 1.23 bits per heavy atom. The normalized spacial score (nSPS) is 10.3. The third-order valence-corrected chi connectivity index (χ3v) is 3.37. The van der Waals surface area contributed by atoms with Crippen molar-refractivity contribution >= 4 is 21.8 Å². The Morgan fingerprint density at radius 3 is 2.64 bits per heavy atom. The number of methoxy groups -OCH3 is 1. The Morgan fingerprint density at radius 2 is 2.00 bits per heavy atom. The molecule has 0 saturated heterocycles. The Bertz CT molecular complexity index is 600. The van der Waals surface area contributed by atoms with E-state index in [4.69, 9.17) is 9.47 Å². The van der Waals surface area contributed by atoms with E-state index in [0.29, 0.717) is 30.3 Å². The van der Waals surface area contributed by atoms with Crippen LogP contribution in [-0.2, 0) is 4.74 Å². The summed E-state index contributed by atoms with van der Waals surface area (Å²) in [6.07, 6.45) is 2.28. The number of nitrogens with one attached hydrogen (secondary N) is 1. The molecule has 0 bridgehead atoms. The summed E-state index contributed by atoms with van der Waals surface area (Å²) in [7, 11) is 1.63. The van der Waals surface area contributed by atoms with E-state index in [0.717, 1.165) is 10.9 Å². The second-order valence-corrected chi connectivity index (χ2v) is 5.46. The fourth-order valence-corrected chi connectivity index (χ4v) is 1.98. The molecule has 2 rings (SSSR count). The van der Waals surface area contributed by atoms with Crippen molar-refractivity contribution in [3.8, 4) is 11.6 Å². The molecule has 0 spiro atoms. The molecule has 1 heterocycles. The lowest BCUT2D eigenvalue weighted by atomic mass is 10.2. The number of carbonyl (C=O) groups excluding carboxylic acids is 1. The number of nitrogens with zero attached hydrogens (tertiary/aromatic N) is 1. The maximum Gasteiger partial charge on any atom is 0.252 e. The second-order valence-electron chi connectivity index (χ2n) is 4.54. The van der Waals surface area contributed by atoms with Crippen LogP contribution in [0.2, 0.25) is 0 Å². The fourth-order valence-electron chi connectivity index (χ4n) is 1.72. The van der Waals surface area contributed by atoms with Crippen LogP contribution in [0.4, 0.5) is 0 Å². The van der Waals surface area contributed by atoms with Gasteiger partial charge in [0.05, 0.1) is 5.56 Å². The molecule has 22 heavy (non-hydrogen) atoms. The highest BCUT2D eigenvalue weighted by atomic mass is 79.9. The molecule has 2 aromatic rings. The number of aromatic nitrogens is 1. The third kappa shape index (κ3) is 5.13. The van der Waals surface area contributed by atoms with Crippen molar-refractivity contribution in [1.29, 1.82) is 0 Å². The Kier molecular flexibility index (Phi) is 6.36. The van der Waals surface area contributed by atoms with Crippen molar-refractivity contribution in [1.82, 2.24) is 10.3 Å². The van der Waals surface area contributed by atoms with Gasteiger partial charge in [0.15, 0.2) is 0 Å². The largest absolute Gasteiger partial charge is 0.439 e. The van der Waals surface area contributed by atoms with Gasteiger partial charge in [-0.05, 0) is 36.8 Å². The number of pyridine rings is 1. The van der Waals surface area contributed by atoms with E-state index in [1.807, 2.05) is 24.3 Å². The van der Waals surface area contributed by atoms with Crippen molar-refractivity contribution in [3.63, 3.8) is 0 Å². The van der Waals surface area contributed by atoms with E-state index in [1.165, 1.54) is 6.20 Å². The number of ether oxygens (including phenoxy) is 2. The minimum atomic E-state index is -0.154. The Balaban J connectivity index is 1.89. The van der Waals surface area contributed by atoms with Gasteiger partial charge < -0.3 is 14.8 Å². The van der Waals surface area contributed by atoms with E-state index >= 15 is 0 Å². The van der Waals surface area contributed by atoms with Gasteiger partial charge in [-0.25, -0.2) is 4.98 Å². The average molecular weight is 365 g/mol. The summed E-state index contributed by atoms with van der Waals surface area (Å²) in [5.41, 5.74) is 0.501. The zero-order valence-electron chi connectivity index (χ0n) is 12.2. The predicted molar refractivity (Wildman–Crippen MR) is 87.3 cm³/mol. The van der Waals surface area contributed by atoms with Crippen LogP contribution in [0.5, 0.6) is 11.6 Å². The van der Waals surface area contributed by atoms with Crippen LogP contribution < -0.4 is 10.1 Å². The first-order valence-electron chi connectivity index (χ1n) is 6.85. The van der Waals surface area contributed by atoms with E-state index < -0.39 is 0 Å². The number of carbonyl (C=O) groups is 1. The van der Waals surface area contributed by atoms with Gasteiger partial charge in [0.2, 0.25) is 5.88 Å². The maximum atomic E-state index is 11.9. The summed E-state index contributed by atoms with van der Waals surface area (Å²) in [5.74, 6) is 0.976. The van der Waals surface area contributed by atoms with Crippen LogP contribution in [0.3, 0.4) is 0 Å². The molecule has 1 aromatic carbocycles. The molecule has 6 heteroatoms. The van der Waals surface area contributed by atoms with Crippen molar-refractivity contribution < 1.29 is 14.3 Å². The van der Waals surface area contributed by atoms with Crippen LogP contribution in [0.25, 0.3) is 0 Å². The average Bonchev–Trinajstić information content (AvgIpc) is 2.54. The third-order valence-electron chi connectivity index (χ3n) is 2.85. The fraction of sp³-hybridized carbons (Fsp3) is 0.250. The zero-order chi connectivity index (χ0) is 15.8. The quantitative estimate of drug-likeness (QED) is 0.764. The number of halogens is 1. The number of rotatable bonds is 7. The molecular weight excluding hydrogens is 348 g/mol.